The van der Waals surface area contributed by atoms with Gasteiger partial charge < -0.3 is 14.7 Å². The average molecular weight is 932 g/mol. The van der Waals surface area contributed by atoms with Crippen molar-refractivity contribution in [3.05, 3.63) is 297 Å². The summed E-state index contributed by atoms with van der Waals surface area (Å²) in [5.41, 5.74) is 14.7. The van der Waals surface area contributed by atoms with Gasteiger partial charge in [-0.3, -0.25) is 0 Å². The number of nitrogens with zero attached hydrogens (tertiary/aromatic N) is 3. The van der Waals surface area contributed by atoms with Gasteiger partial charge in [0.1, 0.15) is 0 Å². The molecule has 0 N–H and O–H groups in total. The normalized spacial score (nSPS) is 11.3. The van der Waals surface area contributed by atoms with Gasteiger partial charge in [0.2, 0.25) is 0 Å². The zero-order chi connectivity index (χ0) is 48.5. The number of rotatable bonds is 11. The lowest BCUT2D eigenvalue weighted by atomic mass is 10.00. The van der Waals surface area contributed by atoms with Crippen LogP contribution in [0.4, 0.5) is 51.2 Å². The monoisotopic (exact) mass is 931 g/mol. The average Bonchev–Trinajstić information content (AvgIpc) is 3.46. The maximum absolute atomic E-state index is 2.40. The maximum atomic E-state index is 2.40. The topological polar surface area (TPSA) is 9.72 Å². The van der Waals surface area contributed by atoms with Crippen molar-refractivity contribution < 1.29 is 0 Å². The third-order valence-corrected chi connectivity index (χ3v) is 14.2. The van der Waals surface area contributed by atoms with Crippen LogP contribution in [0.3, 0.4) is 0 Å². The van der Waals surface area contributed by atoms with Crippen molar-refractivity contribution in [2.75, 3.05) is 14.7 Å². The molecule has 0 aliphatic rings. The first-order chi connectivity index (χ1) is 36.2. The standard InChI is InChI=1S/C70H49N3/c1-3-23-59(24-4-1)71(68-29-13-20-54-16-9-11-27-65(54)68)61-40-32-50(33-41-61)52-36-44-63(45-37-52)73(70-31-15-22-58-48-56-18-7-8-19-57(56)49-67(58)70)64-46-38-53(39-47-64)51-34-42-62(43-35-51)72(60-25-5-2-6-26-60)69-30-14-21-55-17-10-12-28-66(55)69/h1-49H. The zero-order valence-corrected chi connectivity index (χ0v) is 40.1. The second-order valence-corrected chi connectivity index (χ2v) is 18.6. The van der Waals surface area contributed by atoms with E-state index in [1.807, 2.05) is 0 Å². The van der Waals surface area contributed by atoms with E-state index < -0.39 is 0 Å². The van der Waals surface area contributed by atoms with E-state index in [0.29, 0.717) is 0 Å². The van der Waals surface area contributed by atoms with Crippen LogP contribution < -0.4 is 14.7 Å². The van der Waals surface area contributed by atoms with Crippen LogP contribution in [0.1, 0.15) is 0 Å². The van der Waals surface area contributed by atoms with Gasteiger partial charge in [-0.1, -0.05) is 194 Å². The molecule has 0 heterocycles. The van der Waals surface area contributed by atoms with Gasteiger partial charge in [-0.2, -0.15) is 0 Å². The molecule has 3 nitrogen and oxygen atoms in total. The molecular formula is C70H49N3. The van der Waals surface area contributed by atoms with E-state index >= 15 is 0 Å². The fraction of sp³-hybridized carbons (Fsp3) is 0. The lowest BCUT2D eigenvalue weighted by molar-refractivity contribution is 1.29. The summed E-state index contributed by atoms with van der Waals surface area (Å²) in [6.07, 6.45) is 0. The first-order valence-corrected chi connectivity index (χ1v) is 25.0. The molecule has 0 fully saturated rings. The van der Waals surface area contributed by atoms with Crippen LogP contribution in [0.2, 0.25) is 0 Å². The van der Waals surface area contributed by atoms with Gasteiger partial charge in [-0.05, 0) is 152 Å². The number of para-hydroxylation sites is 2. The number of hydrogen-bond donors (Lipinski definition) is 0. The third-order valence-electron chi connectivity index (χ3n) is 14.2. The maximum Gasteiger partial charge on any atom is 0.0540 e. The van der Waals surface area contributed by atoms with Crippen LogP contribution >= 0.6 is 0 Å². The Morgan fingerprint density at radius 2 is 0.438 bits per heavy atom. The van der Waals surface area contributed by atoms with Crippen molar-refractivity contribution in [3.8, 4) is 22.3 Å². The van der Waals surface area contributed by atoms with E-state index in [1.165, 1.54) is 43.1 Å². The Hall–Kier alpha value is -9.70. The SMILES string of the molecule is c1ccc(N(c2ccc(-c3ccc(N(c4ccc(-c5ccc(N(c6ccccc6)c6cccc7ccccc67)cc5)cc4)c4cccc5cc6ccccc6cc45)cc3)cc2)c2cccc3ccccc23)cc1. The molecule has 0 amide bonds. The Bertz CT molecular complexity index is 3840. The highest BCUT2D eigenvalue weighted by Crippen LogP contribution is 2.44. The minimum atomic E-state index is 1.08. The van der Waals surface area contributed by atoms with E-state index in [2.05, 4.69) is 312 Å². The van der Waals surface area contributed by atoms with Gasteiger partial charge in [-0.15, -0.1) is 0 Å². The van der Waals surface area contributed by atoms with Crippen molar-refractivity contribution in [1.29, 1.82) is 0 Å². The number of anilines is 9. The number of benzene rings is 13. The van der Waals surface area contributed by atoms with Gasteiger partial charge in [0.25, 0.3) is 0 Å². The summed E-state index contributed by atoms with van der Waals surface area (Å²) in [4.78, 5) is 7.11. The molecule has 0 radical (unpaired) electrons. The Morgan fingerprint density at radius 3 is 0.822 bits per heavy atom. The first-order valence-electron chi connectivity index (χ1n) is 25.0. The van der Waals surface area contributed by atoms with Crippen molar-refractivity contribution in [1.82, 2.24) is 0 Å². The van der Waals surface area contributed by atoms with Crippen molar-refractivity contribution in [2.24, 2.45) is 0 Å². The first kappa shape index (κ1) is 43.3. The lowest BCUT2D eigenvalue weighted by Crippen LogP contribution is -2.10. The van der Waals surface area contributed by atoms with Crippen LogP contribution in [0.5, 0.6) is 0 Å². The predicted molar refractivity (Wildman–Crippen MR) is 311 cm³/mol. The highest BCUT2D eigenvalue weighted by Gasteiger charge is 2.20. The molecule has 3 heteroatoms. The van der Waals surface area contributed by atoms with E-state index in [9.17, 15) is 0 Å². The molecule has 0 atom stereocenters. The summed E-state index contributed by atoms with van der Waals surface area (Å²) in [5.74, 6) is 0. The molecule has 344 valence electrons. The molecule has 0 spiro atoms. The number of fused-ring (bicyclic) bond motifs is 4. The minimum absolute atomic E-state index is 1.08. The van der Waals surface area contributed by atoms with Crippen molar-refractivity contribution in [3.63, 3.8) is 0 Å². The van der Waals surface area contributed by atoms with E-state index in [1.54, 1.807) is 0 Å². The summed E-state index contributed by atoms with van der Waals surface area (Å²) in [7, 11) is 0. The quantitative estimate of drug-likeness (QED) is 0.120. The van der Waals surface area contributed by atoms with Crippen LogP contribution in [0, 0.1) is 0 Å². The molecule has 13 aromatic rings. The van der Waals surface area contributed by atoms with Crippen LogP contribution in [-0.2, 0) is 0 Å². The van der Waals surface area contributed by atoms with Gasteiger partial charge in [0.05, 0.1) is 17.1 Å². The third kappa shape index (κ3) is 8.29. The molecule has 0 aromatic heterocycles. The number of hydrogen-bond acceptors (Lipinski definition) is 3. The Kier molecular flexibility index (Phi) is 11.2. The molecular weight excluding hydrogens is 883 g/mol. The summed E-state index contributed by atoms with van der Waals surface area (Å²) in [6.45, 7) is 0. The van der Waals surface area contributed by atoms with Crippen LogP contribution in [-0.4, -0.2) is 0 Å². The van der Waals surface area contributed by atoms with Crippen molar-refractivity contribution >= 4 is 94.3 Å². The fourth-order valence-electron chi connectivity index (χ4n) is 10.6. The Balaban J connectivity index is 0.847. The van der Waals surface area contributed by atoms with Crippen LogP contribution in [0.25, 0.3) is 65.3 Å². The molecule has 0 aliphatic carbocycles. The van der Waals surface area contributed by atoms with Gasteiger partial charge in [0, 0.05) is 50.3 Å². The second-order valence-electron chi connectivity index (χ2n) is 18.6. The van der Waals surface area contributed by atoms with E-state index in [-0.39, 0.29) is 0 Å². The van der Waals surface area contributed by atoms with E-state index in [0.717, 1.165) is 73.4 Å². The van der Waals surface area contributed by atoms with Gasteiger partial charge in [-0.25, -0.2) is 0 Å². The molecule has 73 heavy (non-hydrogen) atoms. The summed E-state index contributed by atoms with van der Waals surface area (Å²) in [6, 6.07) is 108. The van der Waals surface area contributed by atoms with Crippen molar-refractivity contribution in [2.45, 2.75) is 0 Å². The highest BCUT2D eigenvalue weighted by molar-refractivity contribution is 6.06. The fourth-order valence-corrected chi connectivity index (χ4v) is 10.6. The van der Waals surface area contributed by atoms with Gasteiger partial charge >= 0.3 is 0 Å². The Morgan fingerprint density at radius 1 is 0.164 bits per heavy atom. The highest BCUT2D eigenvalue weighted by atomic mass is 15.2. The molecule has 13 aromatic carbocycles. The molecule has 0 aliphatic heterocycles. The van der Waals surface area contributed by atoms with E-state index in [4.69, 9.17) is 0 Å². The second kappa shape index (κ2) is 18.9. The minimum Gasteiger partial charge on any atom is -0.310 e. The molecule has 0 unspecified atom stereocenters. The van der Waals surface area contributed by atoms with Gasteiger partial charge in [0.15, 0.2) is 0 Å². The van der Waals surface area contributed by atoms with Crippen LogP contribution in [0.15, 0.2) is 297 Å². The predicted octanol–water partition coefficient (Wildman–Crippen LogP) is 20.0. The lowest BCUT2D eigenvalue weighted by Gasteiger charge is -2.28. The summed E-state index contributed by atoms with van der Waals surface area (Å²) < 4.78 is 0. The zero-order valence-electron chi connectivity index (χ0n) is 40.1. The molecule has 0 bridgehead atoms. The smallest absolute Gasteiger partial charge is 0.0540 e. The molecule has 0 saturated heterocycles. The molecule has 13 rings (SSSR count). The Labute approximate surface area is 426 Å². The summed E-state index contributed by atoms with van der Waals surface area (Å²) >= 11 is 0. The largest absolute Gasteiger partial charge is 0.310 e. The summed E-state index contributed by atoms with van der Waals surface area (Å²) in [5, 5.41) is 9.72. The molecule has 0 saturated carbocycles.